The molecular weight excluding hydrogens is 184 g/mol. The molecule has 1 N–H and O–H groups in total. The summed E-state index contributed by atoms with van der Waals surface area (Å²) in [5, 5.41) is 8.90. The second kappa shape index (κ2) is 6.41. The van der Waals surface area contributed by atoms with Crippen LogP contribution in [-0.2, 0) is 6.42 Å². The zero-order valence-electron chi connectivity index (χ0n) is 9.66. The van der Waals surface area contributed by atoms with Crippen molar-refractivity contribution < 1.29 is 5.11 Å². The van der Waals surface area contributed by atoms with E-state index in [1.165, 1.54) is 16.7 Å². The van der Waals surface area contributed by atoms with E-state index in [-0.39, 0.29) is 6.61 Å². The summed E-state index contributed by atoms with van der Waals surface area (Å²) in [5.74, 6) is 0. The first-order valence-electron chi connectivity index (χ1n) is 5.80. The standard InChI is InChI=1S/C12H14O.C2H6/c13-9-8-11-6-3-5-10-4-1-2-7-12(10)11;1-2/h1-2,4,6-7,13H,3,5,8-9H2;1-2H3. The van der Waals surface area contributed by atoms with Crippen LogP contribution in [0.4, 0.5) is 0 Å². The number of aliphatic hydroxyl groups is 1. The van der Waals surface area contributed by atoms with Crippen LogP contribution in [0.2, 0.25) is 0 Å². The van der Waals surface area contributed by atoms with Gasteiger partial charge in [0.1, 0.15) is 0 Å². The van der Waals surface area contributed by atoms with Crippen LogP contribution in [0.3, 0.4) is 0 Å². The summed E-state index contributed by atoms with van der Waals surface area (Å²) in [7, 11) is 0. The third-order valence-corrected chi connectivity index (χ3v) is 2.55. The molecule has 2 rings (SSSR count). The van der Waals surface area contributed by atoms with E-state index in [0.717, 1.165) is 19.3 Å². The molecule has 0 unspecified atom stereocenters. The zero-order chi connectivity index (χ0) is 11.1. The van der Waals surface area contributed by atoms with E-state index in [2.05, 4.69) is 30.3 Å². The van der Waals surface area contributed by atoms with Crippen molar-refractivity contribution in [3.05, 3.63) is 41.5 Å². The smallest absolute Gasteiger partial charge is 0.0471 e. The van der Waals surface area contributed by atoms with Crippen LogP contribution >= 0.6 is 0 Å². The molecular formula is C14H20O. The van der Waals surface area contributed by atoms with Crippen LogP contribution in [-0.4, -0.2) is 11.7 Å². The minimum Gasteiger partial charge on any atom is -0.396 e. The number of rotatable bonds is 2. The van der Waals surface area contributed by atoms with Gasteiger partial charge in [0.15, 0.2) is 0 Å². The summed E-state index contributed by atoms with van der Waals surface area (Å²) < 4.78 is 0. The molecule has 0 heterocycles. The van der Waals surface area contributed by atoms with E-state index in [0.29, 0.717) is 0 Å². The van der Waals surface area contributed by atoms with Crippen molar-refractivity contribution in [2.24, 2.45) is 0 Å². The molecule has 0 saturated heterocycles. The molecule has 1 aliphatic rings. The van der Waals surface area contributed by atoms with Crippen LogP contribution in [0.5, 0.6) is 0 Å². The van der Waals surface area contributed by atoms with E-state index in [9.17, 15) is 0 Å². The van der Waals surface area contributed by atoms with E-state index in [4.69, 9.17) is 5.11 Å². The summed E-state index contributed by atoms with van der Waals surface area (Å²) in [4.78, 5) is 0. The lowest BCUT2D eigenvalue weighted by molar-refractivity contribution is 0.305. The largest absolute Gasteiger partial charge is 0.396 e. The van der Waals surface area contributed by atoms with E-state index in [1.54, 1.807) is 0 Å². The Morgan fingerprint density at radius 3 is 2.67 bits per heavy atom. The summed E-state index contributed by atoms with van der Waals surface area (Å²) in [6.45, 7) is 4.25. The molecule has 15 heavy (non-hydrogen) atoms. The maximum atomic E-state index is 8.90. The molecule has 1 aromatic rings. The van der Waals surface area contributed by atoms with Crippen molar-refractivity contribution in [3.8, 4) is 0 Å². The molecule has 0 spiro atoms. The highest BCUT2D eigenvalue weighted by Crippen LogP contribution is 2.27. The van der Waals surface area contributed by atoms with Crippen LogP contribution in [0.1, 0.15) is 37.8 Å². The molecule has 0 amide bonds. The van der Waals surface area contributed by atoms with Crippen molar-refractivity contribution in [2.45, 2.75) is 33.1 Å². The Hall–Kier alpha value is -1.08. The van der Waals surface area contributed by atoms with Gasteiger partial charge < -0.3 is 5.11 Å². The molecule has 0 fully saturated rings. The first-order chi connectivity index (χ1) is 7.42. The van der Waals surface area contributed by atoms with Crippen molar-refractivity contribution in [2.75, 3.05) is 6.61 Å². The Balaban J connectivity index is 0.000000531. The molecule has 0 aliphatic heterocycles. The van der Waals surface area contributed by atoms with Crippen LogP contribution in [0, 0.1) is 0 Å². The maximum absolute atomic E-state index is 8.90. The molecule has 1 heteroatoms. The number of aliphatic hydroxyl groups excluding tert-OH is 1. The molecule has 0 bridgehead atoms. The highest BCUT2D eigenvalue weighted by atomic mass is 16.2. The quantitative estimate of drug-likeness (QED) is 0.782. The lowest BCUT2D eigenvalue weighted by Crippen LogP contribution is -2.00. The van der Waals surface area contributed by atoms with Gasteiger partial charge in [-0.2, -0.15) is 0 Å². The molecule has 1 aromatic carbocycles. The van der Waals surface area contributed by atoms with Crippen molar-refractivity contribution in [1.29, 1.82) is 0 Å². The van der Waals surface area contributed by atoms with Gasteiger partial charge in [-0.25, -0.2) is 0 Å². The predicted octanol–water partition coefficient (Wildman–Crippen LogP) is 3.42. The van der Waals surface area contributed by atoms with E-state index < -0.39 is 0 Å². The fraction of sp³-hybridized carbons (Fsp3) is 0.429. The molecule has 1 nitrogen and oxygen atoms in total. The number of aryl methyl sites for hydroxylation is 1. The molecule has 0 aromatic heterocycles. The van der Waals surface area contributed by atoms with Gasteiger partial charge in [0.2, 0.25) is 0 Å². The zero-order valence-corrected chi connectivity index (χ0v) is 9.66. The lowest BCUT2D eigenvalue weighted by Gasteiger charge is -2.16. The van der Waals surface area contributed by atoms with Crippen LogP contribution in [0.25, 0.3) is 5.57 Å². The van der Waals surface area contributed by atoms with Gasteiger partial charge in [0, 0.05) is 6.61 Å². The Morgan fingerprint density at radius 1 is 1.20 bits per heavy atom. The fourth-order valence-corrected chi connectivity index (χ4v) is 1.92. The number of fused-ring (bicyclic) bond motifs is 1. The van der Waals surface area contributed by atoms with Crippen molar-refractivity contribution in [1.82, 2.24) is 0 Å². The van der Waals surface area contributed by atoms with Crippen LogP contribution in [0.15, 0.2) is 30.3 Å². The van der Waals surface area contributed by atoms with Gasteiger partial charge in [-0.1, -0.05) is 44.2 Å². The summed E-state index contributed by atoms with van der Waals surface area (Å²) >= 11 is 0. The first kappa shape index (κ1) is 12.0. The Bertz CT molecular complexity index is 326. The number of benzene rings is 1. The maximum Gasteiger partial charge on any atom is 0.0471 e. The number of hydrogen-bond donors (Lipinski definition) is 1. The normalized spacial score (nSPS) is 13.4. The van der Waals surface area contributed by atoms with E-state index in [1.807, 2.05) is 13.8 Å². The average Bonchev–Trinajstić information content (AvgIpc) is 2.33. The van der Waals surface area contributed by atoms with E-state index >= 15 is 0 Å². The third-order valence-electron chi connectivity index (χ3n) is 2.55. The number of allylic oxidation sites excluding steroid dienone is 1. The topological polar surface area (TPSA) is 20.2 Å². The Morgan fingerprint density at radius 2 is 1.93 bits per heavy atom. The van der Waals surface area contributed by atoms with Gasteiger partial charge >= 0.3 is 0 Å². The molecule has 0 atom stereocenters. The molecule has 0 radical (unpaired) electrons. The van der Waals surface area contributed by atoms with Gasteiger partial charge in [-0.05, 0) is 36.0 Å². The minimum atomic E-state index is 0.250. The van der Waals surface area contributed by atoms with Gasteiger partial charge in [0.25, 0.3) is 0 Å². The second-order valence-electron chi connectivity index (χ2n) is 3.40. The van der Waals surface area contributed by atoms with Gasteiger partial charge in [-0.3, -0.25) is 0 Å². The van der Waals surface area contributed by atoms with Gasteiger partial charge in [0.05, 0.1) is 0 Å². The Kier molecular flexibility index (Phi) is 5.13. The SMILES string of the molecule is CC.OCCC1=CCCc2ccccc21. The highest BCUT2D eigenvalue weighted by Gasteiger charge is 2.10. The van der Waals surface area contributed by atoms with Gasteiger partial charge in [-0.15, -0.1) is 0 Å². The summed E-state index contributed by atoms with van der Waals surface area (Å²) in [6, 6.07) is 8.48. The van der Waals surface area contributed by atoms with Crippen LogP contribution < -0.4 is 0 Å². The van der Waals surface area contributed by atoms with Crippen molar-refractivity contribution >= 4 is 5.57 Å². The average molecular weight is 204 g/mol. The molecule has 82 valence electrons. The first-order valence-corrected chi connectivity index (χ1v) is 5.80. The second-order valence-corrected chi connectivity index (χ2v) is 3.40. The third kappa shape index (κ3) is 2.93. The predicted molar refractivity (Wildman–Crippen MR) is 65.8 cm³/mol. The fourth-order valence-electron chi connectivity index (χ4n) is 1.92. The summed E-state index contributed by atoms with van der Waals surface area (Å²) in [5.41, 5.74) is 4.07. The molecule has 0 saturated carbocycles. The molecule has 1 aliphatic carbocycles. The lowest BCUT2D eigenvalue weighted by atomic mass is 9.89. The minimum absolute atomic E-state index is 0.250. The monoisotopic (exact) mass is 204 g/mol. The highest BCUT2D eigenvalue weighted by molar-refractivity contribution is 5.70. The Labute approximate surface area is 92.5 Å². The summed E-state index contributed by atoms with van der Waals surface area (Å²) in [6.07, 6.45) is 5.30. The van der Waals surface area contributed by atoms with Crippen molar-refractivity contribution in [3.63, 3.8) is 0 Å². The number of hydrogen-bond acceptors (Lipinski definition) is 1.